The molecule has 1 rings (SSSR count). The maximum absolute atomic E-state index is 12.7. The molecule has 0 bridgehead atoms. The monoisotopic (exact) mass is 210 g/mol. The van der Waals surface area contributed by atoms with Gasteiger partial charge in [0.15, 0.2) is 0 Å². The van der Waals surface area contributed by atoms with Gasteiger partial charge in [-0.1, -0.05) is 12.1 Å². The summed E-state index contributed by atoms with van der Waals surface area (Å²) in [5.41, 5.74) is 6.05. The van der Waals surface area contributed by atoms with Crippen LogP contribution in [0.4, 0.5) is 4.39 Å². The number of hydrogen-bond donors (Lipinski definition) is 1. The van der Waals surface area contributed by atoms with Crippen molar-refractivity contribution in [3.05, 3.63) is 35.6 Å². The number of nitrogens with zero attached hydrogens (tertiary/aromatic N) is 1. The van der Waals surface area contributed by atoms with E-state index < -0.39 is 0 Å². The smallest absolute Gasteiger partial charge is 0.231 e. The van der Waals surface area contributed by atoms with E-state index in [1.807, 2.05) is 11.8 Å². The maximum Gasteiger partial charge on any atom is 0.231 e. The van der Waals surface area contributed by atoms with Crippen molar-refractivity contribution in [3.8, 4) is 0 Å². The van der Waals surface area contributed by atoms with Gasteiger partial charge in [0.1, 0.15) is 5.82 Å². The zero-order chi connectivity index (χ0) is 11.4. The van der Waals surface area contributed by atoms with Crippen LogP contribution in [0.3, 0.4) is 0 Å². The summed E-state index contributed by atoms with van der Waals surface area (Å²) in [4.78, 5) is 12.5. The summed E-state index contributed by atoms with van der Waals surface area (Å²) in [6.45, 7) is 2.13. The predicted octanol–water partition coefficient (Wildman–Crippen LogP) is 1.30. The third-order valence-electron chi connectivity index (χ3n) is 2.42. The van der Waals surface area contributed by atoms with Gasteiger partial charge in [-0.25, -0.2) is 4.39 Å². The van der Waals surface area contributed by atoms with Crippen molar-refractivity contribution in [3.63, 3.8) is 0 Å². The Labute approximate surface area is 88.7 Å². The molecule has 4 heteroatoms. The molecule has 1 amide bonds. The minimum absolute atomic E-state index is 0.0399. The van der Waals surface area contributed by atoms with Crippen molar-refractivity contribution in [2.45, 2.75) is 13.0 Å². The normalized spacial score (nSPS) is 12.8. The summed E-state index contributed by atoms with van der Waals surface area (Å²) in [7, 11) is 1.80. The predicted molar refractivity (Wildman–Crippen MR) is 56.6 cm³/mol. The zero-order valence-corrected chi connectivity index (χ0v) is 8.90. The zero-order valence-electron chi connectivity index (χ0n) is 8.90. The lowest BCUT2D eigenvalue weighted by Gasteiger charge is -2.23. The van der Waals surface area contributed by atoms with Crippen LogP contribution in [0, 0.1) is 5.82 Å². The first kappa shape index (κ1) is 11.7. The standard InChI is InChI=1S/C11H15FN2O/c1-8(14(2)7-11(13)15)9-3-5-10(12)6-4-9/h3-6,8H,7H2,1-2H3,(H2,13,15)/t8-/m1/s1. The van der Waals surface area contributed by atoms with Crippen molar-refractivity contribution in [1.82, 2.24) is 4.90 Å². The highest BCUT2D eigenvalue weighted by Gasteiger charge is 2.12. The average molecular weight is 210 g/mol. The summed E-state index contributed by atoms with van der Waals surface area (Å²) in [6, 6.07) is 6.26. The lowest BCUT2D eigenvalue weighted by atomic mass is 10.1. The first-order chi connectivity index (χ1) is 7.00. The number of carbonyl (C=O) groups excluding carboxylic acids is 1. The molecule has 0 aromatic heterocycles. The molecule has 1 aromatic rings. The molecular formula is C11H15FN2O. The summed E-state index contributed by atoms with van der Waals surface area (Å²) in [5, 5.41) is 0. The van der Waals surface area contributed by atoms with E-state index in [1.54, 1.807) is 19.2 Å². The second-order valence-corrected chi connectivity index (χ2v) is 3.61. The number of benzene rings is 1. The first-order valence-corrected chi connectivity index (χ1v) is 4.74. The van der Waals surface area contributed by atoms with Gasteiger partial charge in [-0.2, -0.15) is 0 Å². The second-order valence-electron chi connectivity index (χ2n) is 3.61. The van der Waals surface area contributed by atoms with Crippen LogP contribution in [0.2, 0.25) is 0 Å². The van der Waals surface area contributed by atoms with Crippen LogP contribution in [-0.4, -0.2) is 24.4 Å². The largest absolute Gasteiger partial charge is 0.369 e. The van der Waals surface area contributed by atoms with Gasteiger partial charge in [0, 0.05) is 6.04 Å². The molecule has 82 valence electrons. The minimum atomic E-state index is -0.369. The van der Waals surface area contributed by atoms with Gasteiger partial charge in [-0.05, 0) is 31.7 Å². The van der Waals surface area contributed by atoms with E-state index in [4.69, 9.17) is 5.73 Å². The third kappa shape index (κ3) is 3.32. The molecule has 0 aliphatic heterocycles. The first-order valence-electron chi connectivity index (χ1n) is 4.74. The highest BCUT2D eigenvalue weighted by Crippen LogP contribution is 2.18. The van der Waals surface area contributed by atoms with E-state index >= 15 is 0 Å². The van der Waals surface area contributed by atoms with Crippen LogP contribution >= 0.6 is 0 Å². The molecule has 0 aliphatic rings. The van der Waals surface area contributed by atoms with Crippen molar-refractivity contribution in [2.24, 2.45) is 5.73 Å². The minimum Gasteiger partial charge on any atom is -0.369 e. The molecular weight excluding hydrogens is 195 g/mol. The number of primary amides is 1. The van der Waals surface area contributed by atoms with Gasteiger partial charge >= 0.3 is 0 Å². The molecule has 0 saturated heterocycles. The van der Waals surface area contributed by atoms with E-state index in [2.05, 4.69) is 0 Å². The molecule has 1 atom stereocenters. The van der Waals surface area contributed by atoms with Crippen molar-refractivity contribution in [1.29, 1.82) is 0 Å². The van der Waals surface area contributed by atoms with E-state index in [-0.39, 0.29) is 24.3 Å². The van der Waals surface area contributed by atoms with Gasteiger partial charge < -0.3 is 5.73 Å². The van der Waals surface area contributed by atoms with Crippen molar-refractivity contribution in [2.75, 3.05) is 13.6 Å². The average Bonchev–Trinajstić information content (AvgIpc) is 2.17. The van der Waals surface area contributed by atoms with Gasteiger partial charge in [0.05, 0.1) is 6.54 Å². The highest BCUT2D eigenvalue weighted by molar-refractivity contribution is 5.75. The Hall–Kier alpha value is -1.42. The summed E-state index contributed by atoms with van der Waals surface area (Å²) in [6.07, 6.45) is 0. The molecule has 0 fully saturated rings. The van der Waals surface area contributed by atoms with Gasteiger partial charge in [-0.15, -0.1) is 0 Å². The van der Waals surface area contributed by atoms with Crippen molar-refractivity contribution < 1.29 is 9.18 Å². The molecule has 0 saturated carbocycles. The maximum atomic E-state index is 12.7. The molecule has 3 nitrogen and oxygen atoms in total. The van der Waals surface area contributed by atoms with Crippen LogP contribution in [0.5, 0.6) is 0 Å². The summed E-state index contributed by atoms with van der Waals surface area (Å²) < 4.78 is 12.7. The van der Waals surface area contributed by atoms with Crippen LogP contribution in [0.25, 0.3) is 0 Å². The molecule has 2 N–H and O–H groups in total. The van der Waals surface area contributed by atoms with Gasteiger partial charge in [0.25, 0.3) is 0 Å². The lowest BCUT2D eigenvalue weighted by Crippen LogP contribution is -2.32. The van der Waals surface area contributed by atoms with E-state index in [0.29, 0.717) is 0 Å². The number of nitrogens with two attached hydrogens (primary N) is 1. The Kier molecular flexibility index (Phi) is 3.80. The number of rotatable bonds is 4. The van der Waals surface area contributed by atoms with Crippen LogP contribution in [-0.2, 0) is 4.79 Å². The Balaban J connectivity index is 2.71. The highest BCUT2D eigenvalue weighted by atomic mass is 19.1. The van der Waals surface area contributed by atoms with E-state index in [1.165, 1.54) is 12.1 Å². The number of carbonyl (C=O) groups is 1. The molecule has 0 heterocycles. The third-order valence-corrected chi connectivity index (χ3v) is 2.42. The summed E-state index contributed by atoms with van der Waals surface area (Å²) >= 11 is 0. The molecule has 0 aliphatic carbocycles. The number of halogens is 1. The quantitative estimate of drug-likeness (QED) is 0.814. The topological polar surface area (TPSA) is 46.3 Å². The number of hydrogen-bond acceptors (Lipinski definition) is 2. The molecule has 0 unspecified atom stereocenters. The number of amides is 1. The van der Waals surface area contributed by atoms with E-state index in [0.717, 1.165) is 5.56 Å². The molecule has 15 heavy (non-hydrogen) atoms. The molecule has 0 spiro atoms. The Morgan fingerprint density at radius 2 is 2.00 bits per heavy atom. The fourth-order valence-corrected chi connectivity index (χ4v) is 1.38. The Bertz CT molecular complexity index is 337. The fraction of sp³-hybridized carbons (Fsp3) is 0.364. The SMILES string of the molecule is C[C@H](c1ccc(F)cc1)N(C)CC(N)=O. The molecule has 0 radical (unpaired) electrons. The number of likely N-dealkylation sites (N-methyl/N-ethyl adjacent to an activating group) is 1. The molecule has 1 aromatic carbocycles. The van der Waals surface area contributed by atoms with Crippen molar-refractivity contribution >= 4 is 5.91 Å². The Morgan fingerprint density at radius 1 is 1.47 bits per heavy atom. The van der Waals surface area contributed by atoms with E-state index in [9.17, 15) is 9.18 Å². The Morgan fingerprint density at radius 3 is 2.47 bits per heavy atom. The van der Waals surface area contributed by atoms with Crippen LogP contribution < -0.4 is 5.73 Å². The summed E-state index contributed by atoms with van der Waals surface area (Å²) in [5.74, 6) is -0.630. The van der Waals surface area contributed by atoms with Gasteiger partial charge in [0.2, 0.25) is 5.91 Å². The van der Waals surface area contributed by atoms with Crippen LogP contribution in [0.15, 0.2) is 24.3 Å². The van der Waals surface area contributed by atoms with Crippen LogP contribution in [0.1, 0.15) is 18.5 Å². The second kappa shape index (κ2) is 4.89. The fourth-order valence-electron chi connectivity index (χ4n) is 1.38. The lowest BCUT2D eigenvalue weighted by molar-refractivity contribution is -0.119. The van der Waals surface area contributed by atoms with Gasteiger partial charge in [-0.3, -0.25) is 9.69 Å².